The number of carboxylic acids is 1. The van der Waals surface area contributed by atoms with Crippen LogP contribution in [0.4, 0.5) is 24.5 Å². The summed E-state index contributed by atoms with van der Waals surface area (Å²) < 4.78 is 41.7. The molecule has 5 nitrogen and oxygen atoms in total. The maximum atomic E-state index is 13.2. The van der Waals surface area contributed by atoms with Crippen LogP contribution in [-0.2, 0) is 0 Å². The molecular formula is C28H19ClF3NO4S. The fourth-order valence-electron chi connectivity index (χ4n) is 3.60. The van der Waals surface area contributed by atoms with Crippen LogP contribution in [0, 0.1) is 0 Å². The Kier molecular flexibility index (Phi) is 7.99. The monoisotopic (exact) mass is 557 g/mol. The molecule has 0 spiro atoms. The average molecular weight is 558 g/mol. The van der Waals surface area contributed by atoms with Gasteiger partial charge in [-0.1, -0.05) is 29.4 Å². The van der Waals surface area contributed by atoms with Crippen LogP contribution >= 0.6 is 23.4 Å². The number of benzene rings is 4. The van der Waals surface area contributed by atoms with Gasteiger partial charge in [0.05, 0.1) is 5.56 Å². The van der Waals surface area contributed by atoms with Crippen LogP contribution in [0.2, 0.25) is 5.02 Å². The zero-order valence-electron chi connectivity index (χ0n) is 19.7. The molecule has 0 bridgehead atoms. The highest BCUT2D eigenvalue weighted by Gasteiger charge is 2.31. The number of ketones is 1. The Morgan fingerprint density at radius 2 is 1.42 bits per heavy atom. The minimum Gasteiger partial charge on any atom is -0.478 e. The van der Waals surface area contributed by atoms with Crippen molar-refractivity contribution >= 4 is 46.5 Å². The fraction of sp³-hybridized carbons (Fsp3) is 0.0714. The molecule has 0 unspecified atom stereocenters. The van der Waals surface area contributed by atoms with Gasteiger partial charge in [-0.05, 0) is 84.9 Å². The van der Waals surface area contributed by atoms with Crippen LogP contribution in [0.25, 0.3) is 0 Å². The first-order valence-electron chi connectivity index (χ1n) is 11.0. The highest BCUT2D eigenvalue weighted by molar-refractivity contribution is 7.99. The molecule has 0 radical (unpaired) electrons. The Labute approximate surface area is 225 Å². The predicted octanol–water partition coefficient (Wildman–Crippen LogP) is 8.09. The number of anilines is 2. The van der Waals surface area contributed by atoms with Crippen molar-refractivity contribution in [2.24, 2.45) is 0 Å². The van der Waals surface area contributed by atoms with Crippen molar-refractivity contribution in [3.05, 3.63) is 113 Å². The molecule has 0 saturated heterocycles. The van der Waals surface area contributed by atoms with Gasteiger partial charge in [0.15, 0.2) is 5.78 Å². The summed E-state index contributed by atoms with van der Waals surface area (Å²) in [6.45, 7) is 0. The number of halogens is 4. The number of carboxylic acid groups (broad SMARTS) is 1. The zero-order valence-corrected chi connectivity index (χ0v) is 21.3. The first-order chi connectivity index (χ1) is 18.0. The van der Waals surface area contributed by atoms with E-state index in [2.05, 4.69) is 4.74 Å². The molecule has 38 heavy (non-hydrogen) atoms. The van der Waals surface area contributed by atoms with E-state index in [0.717, 1.165) is 29.2 Å². The standard InChI is InChI=1S/C28H19ClF3NO4S/c1-33(22-11-7-20(29)8-12-22)21-9-5-17(6-10-21)26(34)18-13-19(27(35)36)15-25(14-18)38-24-4-2-3-23(16-24)37-28(30,31)32/h2-16H,1H3,(H,35,36). The molecule has 0 aliphatic rings. The van der Waals surface area contributed by atoms with Crippen LogP contribution in [0.1, 0.15) is 26.3 Å². The highest BCUT2D eigenvalue weighted by atomic mass is 35.5. The van der Waals surface area contributed by atoms with E-state index in [1.165, 1.54) is 30.3 Å². The number of aromatic carboxylic acids is 1. The highest BCUT2D eigenvalue weighted by Crippen LogP contribution is 2.34. The summed E-state index contributed by atoms with van der Waals surface area (Å²) >= 11 is 6.96. The normalized spacial score (nSPS) is 11.2. The molecule has 0 aliphatic heterocycles. The number of carbonyl (C=O) groups excluding carboxylic acids is 1. The van der Waals surface area contributed by atoms with E-state index in [9.17, 15) is 27.9 Å². The van der Waals surface area contributed by atoms with Crippen molar-refractivity contribution in [1.82, 2.24) is 0 Å². The van der Waals surface area contributed by atoms with Crippen molar-refractivity contribution in [1.29, 1.82) is 0 Å². The molecule has 0 fully saturated rings. The van der Waals surface area contributed by atoms with Crippen molar-refractivity contribution in [3.63, 3.8) is 0 Å². The lowest BCUT2D eigenvalue weighted by atomic mass is 10.0. The lowest BCUT2D eigenvalue weighted by molar-refractivity contribution is -0.274. The summed E-state index contributed by atoms with van der Waals surface area (Å²) in [5.74, 6) is -2.04. The van der Waals surface area contributed by atoms with Gasteiger partial charge in [-0.3, -0.25) is 4.79 Å². The van der Waals surface area contributed by atoms with Gasteiger partial charge in [0.1, 0.15) is 5.75 Å². The number of ether oxygens (including phenoxy) is 1. The Balaban J connectivity index is 1.58. The van der Waals surface area contributed by atoms with Crippen LogP contribution in [0.3, 0.4) is 0 Å². The van der Waals surface area contributed by atoms with Gasteiger partial charge in [0.2, 0.25) is 0 Å². The van der Waals surface area contributed by atoms with Crippen LogP contribution in [0.5, 0.6) is 5.75 Å². The smallest absolute Gasteiger partial charge is 0.478 e. The molecule has 0 aliphatic carbocycles. The van der Waals surface area contributed by atoms with E-state index >= 15 is 0 Å². The van der Waals surface area contributed by atoms with Gasteiger partial charge < -0.3 is 14.7 Å². The van der Waals surface area contributed by atoms with Crippen molar-refractivity contribution in [2.75, 3.05) is 11.9 Å². The second-order valence-electron chi connectivity index (χ2n) is 8.09. The summed E-state index contributed by atoms with van der Waals surface area (Å²) in [5.41, 5.74) is 2.07. The van der Waals surface area contributed by atoms with Gasteiger partial charge in [0, 0.05) is 44.4 Å². The van der Waals surface area contributed by atoms with Gasteiger partial charge in [0.25, 0.3) is 0 Å². The van der Waals surface area contributed by atoms with Crippen LogP contribution in [0.15, 0.2) is 101 Å². The quantitative estimate of drug-likeness (QED) is 0.221. The van der Waals surface area contributed by atoms with E-state index in [1.807, 2.05) is 24.1 Å². The minimum absolute atomic E-state index is 0.125. The lowest BCUT2D eigenvalue weighted by Crippen LogP contribution is -2.17. The Morgan fingerprint density at radius 3 is 2.03 bits per heavy atom. The molecule has 0 saturated carbocycles. The number of nitrogens with zero attached hydrogens (tertiary/aromatic N) is 1. The summed E-state index contributed by atoms with van der Waals surface area (Å²) in [7, 11) is 1.87. The molecule has 1 N–H and O–H groups in total. The molecule has 0 heterocycles. The first-order valence-corrected chi connectivity index (χ1v) is 12.2. The largest absolute Gasteiger partial charge is 0.573 e. The first kappa shape index (κ1) is 27.1. The SMILES string of the molecule is CN(c1ccc(Cl)cc1)c1ccc(C(=O)c2cc(Sc3cccc(OC(F)(F)F)c3)cc(C(=O)O)c2)cc1. The number of carbonyl (C=O) groups is 2. The van der Waals surface area contributed by atoms with E-state index in [1.54, 1.807) is 42.5 Å². The molecule has 4 rings (SSSR count). The molecule has 10 heteroatoms. The zero-order chi connectivity index (χ0) is 27.4. The van der Waals surface area contributed by atoms with E-state index in [4.69, 9.17) is 11.6 Å². The number of hydrogen-bond donors (Lipinski definition) is 1. The van der Waals surface area contributed by atoms with Crippen molar-refractivity contribution in [3.8, 4) is 5.75 Å². The third-order valence-electron chi connectivity index (χ3n) is 5.42. The second-order valence-corrected chi connectivity index (χ2v) is 9.67. The van der Waals surface area contributed by atoms with E-state index in [-0.39, 0.29) is 11.1 Å². The average Bonchev–Trinajstić information content (AvgIpc) is 2.87. The maximum absolute atomic E-state index is 13.2. The van der Waals surface area contributed by atoms with Crippen molar-refractivity contribution < 1.29 is 32.6 Å². The van der Waals surface area contributed by atoms with Gasteiger partial charge in [-0.25, -0.2) is 4.79 Å². The molecular weight excluding hydrogens is 539 g/mol. The number of rotatable bonds is 8. The number of alkyl halides is 3. The molecule has 0 aromatic heterocycles. The molecule has 0 atom stereocenters. The summed E-state index contributed by atoms with van der Waals surface area (Å²) in [6.07, 6.45) is -4.84. The van der Waals surface area contributed by atoms with Gasteiger partial charge >= 0.3 is 12.3 Å². The Morgan fingerprint density at radius 1 is 0.816 bits per heavy atom. The second kappa shape index (κ2) is 11.2. The van der Waals surface area contributed by atoms with E-state index in [0.29, 0.717) is 20.4 Å². The molecule has 0 amide bonds. The van der Waals surface area contributed by atoms with Crippen LogP contribution < -0.4 is 9.64 Å². The third kappa shape index (κ3) is 6.87. The van der Waals surface area contributed by atoms with Crippen molar-refractivity contribution in [2.45, 2.75) is 16.2 Å². The van der Waals surface area contributed by atoms with Crippen LogP contribution in [-0.4, -0.2) is 30.3 Å². The molecule has 194 valence electrons. The summed E-state index contributed by atoms with van der Waals surface area (Å²) in [6, 6.07) is 23.5. The lowest BCUT2D eigenvalue weighted by Gasteiger charge is -2.19. The molecule has 4 aromatic rings. The van der Waals surface area contributed by atoms with Gasteiger partial charge in [-0.2, -0.15) is 0 Å². The summed E-state index contributed by atoms with van der Waals surface area (Å²) in [5, 5.41) is 10.2. The maximum Gasteiger partial charge on any atom is 0.573 e. The fourth-order valence-corrected chi connectivity index (χ4v) is 4.69. The topological polar surface area (TPSA) is 66.8 Å². The Hall–Kier alpha value is -3.95. The molecule has 4 aromatic carbocycles. The summed E-state index contributed by atoms with van der Waals surface area (Å²) in [4.78, 5) is 27.6. The van der Waals surface area contributed by atoms with E-state index < -0.39 is 23.9 Å². The Bertz CT molecular complexity index is 1480. The number of hydrogen-bond acceptors (Lipinski definition) is 5. The predicted molar refractivity (Wildman–Crippen MR) is 140 cm³/mol. The minimum atomic E-state index is -4.84. The van der Waals surface area contributed by atoms with Gasteiger partial charge in [-0.15, -0.1) is 13.2 Å². The third-order valence-corrected chi connectivity index (χ3v) is 6.63.